The number of halogens is 1. The summed E-state index contributed by atoms with van der Waals surface area (Å²) < 4.78 is 19.0. The normalized spacial score (nSPS) is 18.4. The number of hydrogen-bond donors (Lipinski definition) is 0. The minimum absolute atomic E-state index is 0.329. The van der Waals surface area contributed by atoms with E-state index in [9.17, 15) is 18.8 Å². The smallest absolute Gasteiger partial charge is 0.295 e. The highest BCUT2D eigenvalue weighted by atomic mass is 19.1. The van der Waals surface area contributed by atoms with Crippen LogP contribution in [-0.4, -0.2) is 24.6 Å². The lowest BCUT2D eigenvalue weighted by Gasteiger charge is -2.28. The second-order valence-corrected chi connectivity index (χ2v) is 7.41. The predicted octanol–water partition coefficient (Wildman–Crippen LogP) is 4.30. The Kier molecular flexibility index (Phi) is 5.38. The van der Waals surface area contributed by atoms with Crippen LogP contribution in [0, 0.1) is 18.7 Å². The number of carbonyl (C=O) groups excluding carboxylic acids is 3. The van der Waals surface area contributed by atoms with Gasteiger partial charge in [0.1, 0.15) is 17.5 Å². The van der Waals surface area contributed by atoms with Crippen LogP contribution in [0.2, 0.25) is 0 Å². The zero-order valence-corrected chi connectivity index (χ0v) is 17.0. The molecular formula is C25H20FNO4. The molecule has 6 heteroatoms. The van der Waals surface area contributed by atoms with Crippen molar-refractivity contribution in [3.05, 3.63) is 95.3 Å². The Bertz CT molecular complexity index is 1150. The van der Waals surface area contributed by atoms with Crippen LogP contribution in [0.25, 0.3) is 0 Å². The molecule has 1 aliphatic rings. The molecule has 1 heterocycles. The molecule has 3 aromatic carbocycles. The lowest BCUT2D eigenvalue weighted by Crippen LogP contribution is -2.31. The number of benzene rings is 3. The number of nitrogens with zero attached hydrogens (tertiary/aromatic N) is 1. The predicted molar refractivity (Wildman–Crippen MR) is 114 cm³/mol. The van der Waals surface area contributed by atoms with Gasteiger partial charge in [0, 0.05) is 16.8 Å². The summed E-state index contributed by atoms with van der Waals surface area (Å²) in [6.07, 6.45) is 0. The van der Waals surface area contributed by atoms with Gasteiger partial charge in [-0.1, -0.05) is 48.0 Å². The number of carbonyl (C=O) groups is 3. The first kappa shape index (κ1) is 20.5. The Hall–Kier alpha value is -3.80. The summed E-state index contributed by atoms with van der Waals surface area (Å²) in [5, 5.41) is 0. The molecule has 1 aliphatic heterocycles. The van der Waals surface area contributed by atoms with Crippen molar-refractivity contribution in [2.75, 3.05) is 12.0 Å². The third-order valence-electron chi connectivity index (χ3n) is 5.49. The van der Waals surface area contributed by atoms with Crippen molar-refractivity contribution in [2.45, 2.75) is 13.0 Å². The molecule has 0 aliphatic carbocycles. The highest BCUT2D eigenvalue weighted by molar-refractivity contribution is 6.49. The molecule has 1 fully saturated rings. The van der Waals surface area contributed by atoms with Crippen LogP contribution in [0.5, 0.6) is 5.75 Å². The van der Waals surface area contributed by atoms with Gasteiger partial charge in [0.2, 0.25) is 5.78 Å². The Labute approximate surface area is 179 Å². The lowest BCUT2D eigenvalue weighted by atomic mass is 9.85. The molecule has 156 valence electrons. The third kappa shape index (κ3) is 3.61. The Morgan fingerprint density at radius 2 is 1.58 bits per heavy atom. The number of ketones is 2. The zero-order chi connectivity index (χ0) is 22.1. The maximum atomic E-state index is 13.5. The van der Waals surface area contributed by atoms with Crippen LogP contribution >= 0.6 is 0 Å². The van der Waals surface area contributed by atoms with E-state index in [0.717, 1.165) is 5.56 Å². The minimum atomic E-state index is -1.25. The van der Waals surface area contributed by atoms with Gasteiger partial charge in [-0.3, -0.25) is 19.3 Å². The monoisotopic (exact) mass is 417 g/mol. The van der Waals surface area contributed by atoms with Gasteiger partial charge in [-0.2, -0.15) is 0 Å². The first-order valence-corrected chi connectivity index (χ1v) is 9.79. The van der Waals surface area contributed by atoms with Gasteiger partial charge in [-0.25, -0.2) is 4.39 Å². The SMILES string of the molecule is COc1ccccc1C1C(C(=O)c2ccc(C)cc2)C(=O)C(=O)N1c1ccc(F)cc1. The van der Waals surface area contributed by atoms with Crippen molar-refractivity contribution < 1.29 is 23.5 Å². The number of Topliss-reactive ketones (excluding diaryl/α,β-unsaturated/α-hetero) is 2. The number of methoxy groups -OCH3 is 1. The zero-order valence-electron chi connectivity index (χ0n) is 17.0. The molecule has 3 aromatic rings. The van der Waals surface area contributed by atoms with E-state index in [0.29, 0.717) is 22.6 Å². The van der Waals surface area contributed by atoms with Gasteiger partial charge in [0.15, 0.2) is 5.78 Å². The summed E-state index contributed by atoms with van der Waals surface area (Å²) in [6.45, 7) is 1.90. The first-order chi connectivity index (χ1) is 14.9. The van der Waals surface area contributed by atoms with E-state index in [-0.39, 0.29) is 0 Å². The molecule has 0 bridgehead atoms. The number of hydrogen-bond acceptors (Lipinski definition) is 4. The summed E-state index contributed by atoms with van der Waals surface area (Å²) in [6, 6.07) is 18.1. The van der Waals surface area contributed by atoms with Gasteiger partial charge in [0.05, 0.1) is 13.2 Å². The van der Waals surface area contributed by atoms with E-state index in [1.165, 1.54) is 36.3 Å². The topological polar surface area (TPSA) is 63.7 Å². The fraction of sp³-hybridized carbons (Fsp3) is 0.160. The number of rotatable bonds is 5. The van der Waals surface area contributed by atoms with Crippen LogP contribution in [0.15, 0.2) is 72.8 Å². The van der Waals surface area contributed by atoms with Gasteiger partial charge in [-0.15, -0.1) is 0 Å². The standard InChI is InChI=1S/C25H20FNO4/c1-15-7-9-16(10-8-15)23(28)21-22(19-5-3-4-6-20(19)31-2)27(25(30)24(21)29)18-13-11-17(26)12-14-18/h3-14,21-22H,1-2H3. The fourth-order valence-electron chi connectivity index (χ4n) is 3.94. The van der Waals surface area contributed by atoms with Crippen LogP contribution in [0.1, 0.15) is 27.5 Å². The highest BCUT2D eigenvalue weighted by Gasteiger charge is 2.53. The fourth-order valence-corrected chi connectivity index (χ4v) is 3.94. The summed E-state index contributed by atoms with van der Waals surface area (Å²) >= 11 is 0. The molecule has 2 atom stereocenters. The molecule has 31 heavy (non-hydrogen) atoms. The molecule has 1 saturated heterocycles. The molecule has 0 saturated carbocycles. The average molecular weight is 417 g/mol. The van der Waals surface area contributed by atoms with E-state index in [4.69, 9.17) is 4.74 Å². The van der Waals surface area contributed by atoms with Gasteiger partial charge < -0.3 is 4.74 Å². The summed E-state index contributed by atoms with van der Waals surface area (Å²) in [4.78, 5) is 40.8. The van der Waals surface area contributed by atoms with Gasteiger partial charge in [-0.05, 0) is 37.3 Å². The Morgan fingerprint density at radius 3 is 2.23 bits per heavy atom. The van der Waals surface area contributed by atoms with Crippen LogP contribution in [-0.2, 0) is 9.59 Å². The van der Waals surface area contributed by atoms with Crippen molar-refractivity contribution in [3.8, 4) is 5.75 Å². The number of ether oxygens (including phenoxy) is 1. The Morgan fingerprint density at radius 1 is 0.935 bits per heavy atom. The lowest BCUT2D eigenvalue weighted by molar-refractivity contribution is -0.135. The second-order valence-electron chi connectivity index (χ2n) is 7.41. The molecule has 0 aromatic heterocycles. The molecule has 0 spiro atoms. The van der Waals surface area contributed by atoms with Gasteiger partial charge >= 0.3 is 0 Å². The maximum absolute atomic E-state index is 13.5. The quantitative estimate of drug-likeness (QED) is 0.353. The van der Waals surface area contributed by atoms with E-state index in [1.54, 1.807) is 48.5 Å². The van der Waals surface area contributed by atoms with Crippen molar-refractivity contribution in [3.63, 3.8) is 0 Å². The minimum Gasteiger partial charge on any atom is -0.496 e. The molecule has 4 rings (SSSR count). The third-order valence-corrected chi connectivity index (χ3v) is 5.49. The number of anilines is 1. The summed E-state index contributed by atoms with van der Waals surface area (Å²) in [5.74, 6) is -3.33. The number of amides is 1. The number of aryl methyl sites for hydroxylation is 1. The summed E-state index contributed by atoms with van der Waals surface area (Å²) in [7, 11) is 1.48. The molecule has 1 amide bonds. The highest BCUT2D eigenvalue weighted by Crippen LogP contribution is 2.44. The average Bonchev–Trinajstić information content (AvgIpc) is 3.05. The van der Waals surface area contributed by atoms with E-state index < -0.39 is 35.3 Å². The largest absolute Gasteiger partial charge is 0.496 e. The van der Waals surface area contributed by atoms with Crippen molar-refractivity contribution in [1.82, 2.24) is 0 Å². The van der Waals surface area contributed by atoms with E-state index in [2.05, 4.69) is 0 Å². The van der Waals surface area contributed by atoms with Crippen molar-refractivity contribution >= 4 is 23.2 Å². The molecule has 0 radical (unpaired) electrons. The molecule has 0 N–H and O–H groups in total. The van der Waals surface area contributed by atoms with Crippen LogP contribution < -0.4 is 9.64 Å². The number of para-hydroxylation sites is 1. The molecular weight excluding hydrogens is 397 g/mol. The molecule has 2 unspecified atom stereocenters. The van der Waals surface area contributed by atoms with Crippen molar-refractivity contribution in [2.24, 2.45) is 5.92 Å². The Balaban J connectivity index is 1.89. The van der Waals surface area contributed by atoms with Crippen LogP contribution in [0.4, 0.5) is 10.1 Å². The van der Waals surface area contributed by atoms with E-state index >= 15 is 0 Å². The molecule has 5 nitrogen and oxygen atoms in total. The summed E-state index contributed by atoms with van der Waals surface area (Å²) in [5.41, 5.74) is 2.17. The maximum Gasteiger partial charge on any atom is 0.295 e. The van der Waals surface area contributed by atoms with Gasteiger partial charge in [0.25, 0.3) is 5.91 Å². The first-order valence-electron chi connectivity index (χ1n) is 9.79. The second kappa shape index (κ2) is 8.14. The van der Waals surface area contributed by atoms with E-state index in [1.807, 2.05) is 6.92 Å². The van der Waals surface area contributed by atoms with Crippen molar-refractivity contribution in [1.29, 1.82) is 0 Å². The van der Waals surface area contributed by atoms with Crippen LogP contribution in [0.3, 0.4) is 0 Å².